The van der Waals surface area contributed by atoms with Crippen LogP contribution in [0.4, 0.5) is 0 Å². The number of rotatable bonds is 5. The summed E-state index contributed by atoms with van der Waals surface area (Å²) in [6.07, 6.45) is 4.32. The molecule has 0 aromatic heterocycles. The Hall–Kier alpha value is -1.03. The maximum absolute atomic E-state index is 5.75. The molecule has 1 fully saturated rings. The molecule has 0 amide bonds. The van der Waals surface area contributed by atoms with Crippen LogP contribution >= 0.6 is 0 Å². The van der Waals surface area contributed by atoms with Gasteiger partial charge in [0, 0.05) is 25.7 Å². The Kier molecular flexibility index (Phi) is 6.05. The standard InChI is InChI=1S/C13H26N4/c1-4-7-15-13(14)16-9-12-6-5-8-17(10-12)11(2)3/h4,11-12H,1,5-10H2,2-3H3,(H3,14,15,16). The molecule has 3 N–H and O–H groups in total. The van der Waals surface area contributed by atoms with E-state index >= 15 is 0 Å². The van der Waals surface area contributed by atoms with E-state index in [-0.39, 0.29) is 0 Å². The molecule has 4 heteroatoms. The van der Waals surface area contributed by atoms with Crippen LogP contribution in [0.25, 0.3) is 0 Å². The quantitative estimate of drug-likeness (QED) is 0.430. The summed E-state index contributed by atoms with van der Waals surface area (Å²) in [5.41, 5.74) is 5.75. The summed E-state index contributed by atoms with van der Waals surface area (Å²) in [7, 11) is 0. The number of hydrogen-bond donors (Lipinski definition) is 2. The van der Waals surface area contributed by atoms with Crippen molar-refractivity contribution in [1.82, 2.24) is 10.2 Å². The summed E-state index contributed by atoms with van der Waals surface area (Å²) < 4.78 is 0. The smallest absolute Gasteiger partial charge is 0.188 e. The monoisotopic (exact) mass is 238 g/mol. The number of guanidine groups is 1. The van der Waals surface area contributed by atoms with Gasteiger partial charge >= 0.3 is 0 Å². The van der Waals surface area contributed by atoms with Crippen molar-refractivity contribution in [3.05, 3.63) is 12.7 Å². The van der Waals surface area contributed by atoms with Crippen LogP contribution in [0.15, 0.2) is 17.6 Å². The first-order valence-electron chi connectivity index (χ1n) is 6.52. The Morgan fingerprint density at radius 1 is 1.65 bits per heavy atom. The minimum atomic E-state index is 0.534. The highest BCUT2D eigenvalue weighted by Gasteiger charge is 2.21. The second kappa shape index (κ2) is 7.33. The van der Waals surface area contributed by atoms with Crippen molar-refractivity contribution in [2.24, 2.45) is 16.6 Å². The highest BCUT2D eigenvalue weighted by molar-refractivity contribution is 5.77. The number of aliphatic imine (C=N–C) groups is 1. The number of piperidine rings is 1. The largest absolute Gasteiger partial charge is 0.370 e. The molecule has 1 aliphatic rings. The van der Waals surface area contributed by atoms with Gasteiger partial charge in [-0.15, -0.1) is 6.58 Å². The van der Waals surface area contributed by atoms with Gasteiger partial charge in [0.1, 0.15) is 0 Å². The Bertz CT molecular complexity index is 260. The first-order valence-corrected chi connectivity index (χ1v) is 6.52. The number of nitrogens with two attached hydrogens (primary N) is 1. The molecule has 1 rings (SSSR count). The van der Waals surface area contributed by atoms with Crippen molar-refractivity contribution >= 4 is 5.96 Å². The summed E-state index contributed by atoms with van der Waals surface area (Å²) in [5.74, 6) is 1.18. The Morgan fingerprint density at radius 3 is 3.06 bits per heavy atom. The fourth-order valence-corrected chi connectivity index (χ4v) is 2.18. The van der Waals surface area contributed by atoms with Crippen molar-refractivity contribution in [3.8, 4) is 0 Å². The molecule has 0 aliphatic carbocycles. The third-order valence-corrected chi connectivity index (χ3v) is 3.23. The van der Waals surface area contributed by atoms with Crippen molar-refractivity contribution in [3.63, 3.8) is 0 Å². The van der Waals surface area contributed by atoms with Gasteiger partial charge in [0.2, 0.25) is 0 Å². The van der Waals surface area contributed by atoms with Gasteiger partial charge in [-0.05, 0) is 39.2 Å². The van der Waals surface area contributed by atoms with Gasteiger partial charge in [-0.3, -0.25) is 4.99 Å². The molecule has 0 aromatic rings. The van der Waals surface area contributed by atoms with Gasteiger partial charge in [-0.25, -0.2) is 0 Å². The molecule has 1 aliphatic heterocycles. The van der Waals surface area contributed by atoms with E-state index in [1.165, 1.54) is 19.4 Å². The lowest BCUT2D eigenvalue weighted by Gasteiger charge is -2.34. The molecule has 0 bridgehead atoms. The van der Waals surface area contributed by atoms with E-state index < -0.39 is 0 Å². The van der Waals surface area contributed by atoms with Crippen molar-refractivity contribution < 1.29 is 0 Å². The fourth-order valence-electron chi connectivity index (χ4n) is 2.18. The van der Waals surface area contributed by atoms with E-state index in [0.717, 1.165) is 13.1 Å². The average molecular weight is 238 g/mol. The number of likely N-dealkylation sites (tertiary alicyclic amines) is 1. The van der Waals surface area contributed by atoms with Crippen LogP contribution in [0, 0.1) is 5.92 Å². The second-order valence-electron chi connectivity index (χ2n) is 4.99. The van der Waals surface area contributed by atoms with Gasteiger partial charge in [0.25, 0.3) is 0 Å². The van der Waals surface area contributed by atoms with Crippen LogP contribution in [0.3, 0.4) is 0 Å². The van der Waals surface area contributed by atoms with Crippen LogP contribution < -0.4 is 11.1 Å². The maximum Gasteiger partial charge on any atom is 0.188 e. The van der Waals surface area contributed by atoms with E-state index in [2.05, 4.69) is 35.6 Å². The van der Waals surface area contributed by atoms with Gasteiger partial charge < -0.3 is 16.0 Å². The zero-order valence-electron chi connectivity index (χ0n) is 11.2. The summed E-state index contributed by atoms with van der Waals surface area (Å²) in [6.45, 7) is 12.0. The van der Waals surface area contributed by atoms with E-state index in [1.54, 1.807) is 6.08 Å². The van der Waals surface area contributed by atoms with Crippen LogP contribution in [0.2, 0.25) is 0 Å². The molecule has 0 spiro atoms. The average Bonchev–Trinajstić information content (AvgIpc) is 2.34. The van der Waals surface area contributed by atoms with Gasteiger partial charge in [-0.2, -0.15) is 0 Å². The van der Waals surface area contributed by atoms with Crippen molar-refractivity contribution in [2.75, 3.05) is 26.2 Å². The zero-order chi connectivity index (χ0) is 12.7. The number of nitrogens with one attached hydrogen (secondary N) is 1. The van der Waals surface area contributed by atoms with Gasteiger partial charge in [0.15, 0.2) is 5.96 Å². The van der Waals surface area contributed by atoms with E-state index in [1.807, 2.05) is 0 Å². The van der Waals surface area contributed by atoms with Crippen molar-refractivity contribution in [2.45, 2.75) is 32.7 Å². The van der Waals surface area contributed by atoms with Crippen LogP contribution in [-0.2, 0) is 0 Å². The van der Waals surface area contributed by atoms with Crippen LogP contribution in [-0.4, -0.2) is 43.1 Å². The highest BCUT2D eigenvalue weighted by Crippen LogP contribution is 2.18. The van der Waals surface area contributed by atoms with E-state index in [9.17, 15) is 0 Å². The summed E-state index contributed by atoms with van der Waals surface area (Å²) in [5, 5.41) is 3.00. The SMILES string of the molecule is C=CCNC(N)=NCC1CCCN(C(C)C)C1. The Labute approximate surface area is 105 Å². The van der Waals surface area contributed by atoms with Gasteiger partial charge in [0.05, 0.1) is 0 Å². The molecular formula is C13H26N4. The lowest BCUT2D eigenvalue weighted by molar-refractivity contribution is 0.143. The Balaban J connectivity index is 2.33. The van der Waals surface area contributed by atoms with Crippen LogP contribution in [0.5, 0.6) is 0 Å². The molecule has 4 nitrogen and oxygen atoms in total. The maximum atomic E-state index is 5.75. The molecule has 0 radical (unpaired) electrons. The first-order chi connectivity index (χ1) is 8.13. The third kappa shape index (κ3) is 5.22. The molecule has 0 aromatic carbocycles. The predicted octanol–water partition coefficient (Wildman–Crippen LogP) is 1.20. The third-order valence-electron chi connectivity index (χ3n) is 3.23. The predicted molar refractivity (Wildman–Crippen MR) is 74.1 cm³/mol. The lowest BCUT2D eigenvalue weighted by atomic mass is 9.97. The molecule has 1 heterocycles. The van der Waals surface area contributed by atoms with Gasteiger partial charge in [-0.1, -0.05) is 6.08 Å². The molecule has 98 valence electrons. The Morgan fingerprint density at radius 2 is 2.41 bits per heavy atom. The molecule has 1 saturated heterocycles. The van der Waals surface area contributed by atoms with E-state index in [4.69, 9.17) is 5.73 Å². The fraction of sp³-hybridized carbons (Fsp3) is 0.769. The van der Waals surface area contributed by atoms with Crippen LogP contribution in [0.1, 0.15) is 26.7 Å². The molecule has 1 unspecified atom stereocenters. The molecule has 1 atom stereocenters. The minimum Gasteiger partial charge on any atom is -0.370 e. The topological polar surface area (TPSA) is 53.6 Å². The summed E-state index contributed by atoms with van der Waals surface area (Å²) >= 11 is 0. The second-order valence-corrected chi connectivity index (χ2v) is 4.99. The first kappa shape index (κ1) is 14.0. The van der Waals surface area contributed by atoms with E-state index in [0.29, 0.717) is 24.5 Å². The highest BCUT2D eigenvalue weighted by atomic mass is 15.2. The lowest BCUT2D eigenvalue weighted by Crippen LogP contribution is -2.41. The zero-order valence-corrected chi connectivity index (χ0v) is 11.2. The molecular weight excluding hydrogens is 212 g/mol. The number of hydrogen-bond acceptors (Lipinski definition) is 2. The minimum absolute atomic E-state index is 0.534. The summed E-state index contributed by atoms with van der Waals surface area (Å²) in [4.78, 5) is 6.91. The summed E-state index contributed by atoms with van der Waals surface area (Å²) in [6, 6.07) is 0.637. The number of nitrogens with zero attached hydrogens (tertiary/aromatic N) is 2. The molecule has 0 saturated carbocycles. The van der Waals surface area contributed by atoms with Crippen molar-refractivity contribution in [1.29, 1.82) is 0 Å². The molecule has 17 heavy (non-hydrogen) atoms. The normalized spacial score (nSPS) is 22.8.